The number of rotatable bonds is 4. The molecule has 0 spiro atoms. The first kappa shape index (κ1) is 14.5. The van der Waals surface area contributed by atoms with Gasteiger partial charge in [-0.2, -0.15) is 0 Å². The molecule has 0 aliphatic heterocycles. The van der Waals surface area contributed by atoms with E-state index in [4.69, 9.17) is 0 Å². The second-order valence-electron chi connectivity index (χ2n) is 4.59. The van der Waals surface area contributed by atoms with Gasteiger partial charge in [0.2, 0.25) is 10.1 Å². The molecule has 116 valence electrons. The molecule has 23 heavy (non-hydrogen) atoms. The molecule has 0 fully saturated rings. The molecule has 4 aromatic rings. The summed E-state index contributed by atoms with van der Waals surface area (Å²) in [6.45, 7) is 1.93. The number of aryl methyl sites for hydroxylation is 1. The predicted molar refractivity (Wildman–Crippen MR) is 89.3 cm³/mol. The Morgan fingerprint density at radius 1 is 1.22 bits per heavy atom. The monoisotopic (exact) mass is 364 g/mol. The molecule has 0 amide bonds. The number of anilines is 2. The molecule has 1 aromatic carbocycles. The zero-order chi connectivity index (χ0) is 15.8. The van der Waals surface area contributed by atoms with Crippen LogP contribution in [0.2, 0.25) is 0 Å². The molecule has 0 saturated heterocycles. The summed E-state index contributed by atoms with van der Waals surface area (Å²) in [5.74, 6) is -0.296. The summed E-state index contributed by atoms with van der Waals surface area (Å²) in [5, 5.41) is 16.3. The van der Waals surface area contributed by atoms with Crippen molar-refractivity contribution < 1.29 is 4.39 Å². The lowest BCUT2D eigenvalue weighted by Gasteiger charge is -2.00. The highest BCUT2D eigenvalue weighted by atomic mass is 32.2. The minimum Gasteiger partial charge on any atom is -0.330 e. The van der Waals surface area contributed by atoms with E-state index in [0.29, 0.717) is 10.8 Å². The Labute approximate surface area is 142 Å². The Hall–Kier alpha value is -2.04. The summed E-state index contributed by atoms with van der Waals surface area (Å²) < 4.78 is 16.5. The fraction of sp³-hybridized carbons (Fsp3) is 0.0769. The fourth-order valence-electron chi connectivity index (χ4n) is 1.90. The van der Waals surface area contributed by atoms with Crippen molar-refractivity contribution in [3.8, 4) is 0 Å². The Morgan fingerprint density at radius 3 is 2.96 bits per heavy atom. The first-order valence-corrected chi connectivity index (χ1v) is 8.97. The summed E-state index contributed by atoms with van der Waals surface area (Å²) in [6.07, 6.45) is 1.88. The zero-order valence-electron chi connectivity index (χ0n) is 11.7. The average Bonchev–Trinajstić information content (AvgIpc) is 3.14. The van der Waals surface area contributed by atoms with Crippen LogP contribution in [-0.4, -0.2) is 24.8 Å². The molecule has 0 aliphatic carbocycles. The van der Waals surface area contributed by atoms with E-state index in [2.05, 4.69) is 25.6 Å². The van der Waals surface area contributed by atoms with Gasteiger partial charge in [-0.05, 0) is 36.9 Å². The highest BCUT2D eigenvalue weighted by molar-refractivity contribution is 8.02. The molecular weight excluding hydrogens is 355 g/mol. The first-order valence-electron chi connectivity index (χ1n) is 6.52. The first-order chi connectivity index (χ1) is 11.2. The Balaban J connectivity index is 1.49. The van der Waals surface area contributed by atoms with Crippen molar-refractivity contribution in [3.05, 3.63) is 42.0 Å². The quantitative estimate of drug-likeness (QED) is 0.591. The van der Waals surface area contributed by atoms with Crippen molar-refractivity contribution in [1.82, 2.24) is 24.8 Å². The summed E-state index contributed by atoms with van der Waals surface area (Å²) in [5.41, 5.74) is 1.58. The van der Waals surface area contributed by atoms with Gasteiger partial charge in [0.1, 0.15) is 5.82 Å². The van der Waals surface area contributed by atoms with Crippen LogP contribution in [0.4, 0.5) is 15.2 Å². The van der Waals surface area contributed by atoms with Crippen molar-refractivity contribution >= 4 is 50.2 Å². The zero-order valence-corrected chi connectivity index (χ0v) is 14.2. The van der Waals surface area contributed by atoms with E-state index in [-0.39, 0.29) is 5.82 Å². The van der Waals surface area contributed by atoms with E-state index in [1.54, 1.807) is 16.6 Å². The second-order valence-corrected chi connectivity index (χ2v) is 8.02. The van der Waals surface area contributed by atoms with E-state index in [1.165, 1.54) is 46.6 Å². The van der Waals surface area contributed by atoms with E-state index in [9.17, 15) is 4.39 Å². The van der Waals surface area contributed by atoms with Gasteiger partial charge in [0.05, 0.1) is 11.9 Å². The highest BCUT2D eigenvalue weighted by Crippen LogP contribution is 2.35. The molecule has 3 aromatic heterocycles. The smallest absolute Gasteiger partial charge is 0.213 e. The number of benzene rings is 1. The van der Waals surface area contributed by atoms with Crippen LogP contribution in [0.5, 0.6) is 0 Å². The minimum atomic E-state index is -0.296. The lowest BCUT2D eigenvalue weighted by molar-refractivity contribution is 0.628. The lowest BCUT2D eigenvalue weighted by atomic mass is 10.3. The molecule has 0 bridgehead atoms. The van der Waals surface area contributed by atoms with Crippen LogP contribution in [0.15, 0.2) is 39.1 Å². The maximum absolute atomic E-state index is 13.2. The Bertz CT molecular complexity index is 944. The lowest BCUT2D eigenvalue weighted by Crippen LogP contribution is -1.89. The topological polar surface area (TPSA) is 68.0 Å². The number of aromatic nitrogens is 5. The summed E-state index contributed by atoms with van der Waals surface area (Å²) in [7, 11) is 0. The molecule has 0 radical (unpaired) electrons. The molecule has 6 nitrogen and oxygen atoms in total. The second kappa shape index (κ2) is 5.87. The van der Waals surface area contributed by atoms with Gasteiger partial charge in [0.25, 0.3) is 0 Å². The maximum atomic E-state index is 13.2. The van der Waals surface area contributed by atoms with Crippen LogP contribution in [0.3, 0.4) is 0 Å². The van der Waals surface area contributed by atoms with Crippen LogP contribution in [0, 0.1) is 12.7 Å². The SMILES string of the molecule is Cc1cn2nc(Sc3nnc(Nc4cccc(F)c4)s3)sc2n1. The summed E-state index contributed by atoms with van der Waals surface area (Å²) in [6, 6.07) is 6.22. The van der Waals surface area contributed by atoms with Gasteiger partial charge in [0.15, 0.2) is 8.68 Å². The molecule has 3 heterocycles. The van der Waals surface area contributed by atoms with Crippen LogP contribution < -0.4 is 5.32 Å². The van der Waals surface area contributed by atoms with E-state index in [1.807, 2.05) is 13.1 Å². The van der Waals surface area contributed by atoms with Gasteiger partial charge in [-0.15, -0.1) is 15.3 Å². The number of nitrogens with zero attached hydrogens (tertiary/aromatic N) is 5. The molecule has 0 saturated carbocycles. The van der Waals surface area contributed by atoms with Crippen LogP contribution in [0.1, 0.15) is 5.69 Å². The van der Waals surface area contributed by atoms with Crippen molar-refractivity contribution in [2.45, 2.75) is 15.6 Å². The van der Waals surface area contributed by atoms with Gasteiger partial charge >= 0.3 is 0 Å². The third-order valence-corrected chi connectivity index (χ3v) is 5.67. The normalized spacial score (nSPS) is 11.2. The molecule has 10 heteroatoms. The molecule has 1 N–H and O–H groups in total. The average molecular weight is 364 g/mol. The molecule has 0 aliphatic rings. The molecule has 0 atom stereocenters. The maximum Gasteiger partial charge on any atom is 0.213 e. The van der Waals surface area contributed by atoms with Gasteiger partial charge in [-0.25, -0.2) is 13.9 Å². The molecule has 0 unspecified atom stereocenters. The van der Waals surface area contributed by atoms with Gasteiger partial charge in [-0.1, -0.05) is 28.7 Å². The van der Waals surface area contributed by atoms with Crippen molar-refractivity contribution in [3.63, 3.8) is 0 Å². The van der Waals surface area contributed by atoms with E-state index in [0.717, 1.165) is 19.3 Å². The summed E-state index contributed by atoms with van der Waals surface area (Å²) >= 11 is 4.32. The number of hydrogen-bond acceptors (Lipinski definition) is 8. The van der Waals surface area contributed by atoms with Gasteiger partial charge in [-0.3, -0.25) is 0 Å². The molecular formula is C13H9FN6S3. The van der Waals surface area contributed by atoms with Gasteiger partial charge < -0.3 is 5.32 Å². The number of hydrogen-bond donors (Lipinski definition) is 1. The van der Waals surface area contributed by atoms with Crippen molar-refractivity contribution in [2.24, 2.45) is 0 Å². The number of nitrogens with one attached hydrogen (secondary N) is 1. The van der Waals surface area contributed by atoms with Gasteiger partial charge in [0, 0.05) is 5.69 Å². The van der Waals surface area contributed by atoms with E-state index >= 15 is 0 Å². The third kappa shape index (κ3) is 3.19. The van der Waals surface area contributed by atoms with Crippen LogP contribution in [-0.2, 0) is 0 Å². The van der Waals surface area contributed by atoms with Crippen molar-refractivity contribution in [1.29, 1.82) is 0 Å². The standard InChI is InChI=1S/C13H9FN6S3/c1-7-6-20-11(15-7)22-13(19-20)23-12-18-17-10(21-12)16-9-4-2-3-8(14)5-9/h2-6H,1H3,(H,16,17). The largest absolute Gasteiger partial charge is 0.330 e. The predicted octanol–water partition coefficient (Wildman–Crippen LogP) is 3.98. The minimum absolute atomic E-state index is 0.296. The summed E-state index contributed by atoms with van der Waals surface area (Å²) in [4.78, 5) is 5.22. The highest BCUT2D eigenvalue weighted by Gasteiger charge is 2.12. The Kier molecular flexibility index (Phi) is 3.71. The Morgan fingerprint density at radius 2 is 2.13 bits per heavy atom. The van der Waals surface area contributed by atoms with Crippen molar-refractivity contribution in [2.75, 3.05) is 5.32 Å². The van der Waals surface area contributed by atoms with E-state index < -0.39 is 0 Å². The number of halogens is 1. The fourth-order valence-corrected chi connectivity index (χ4v) is 4.84. The number of fused-ring (bicyclic) bond motifs is 1. The van der Waals surface area contributed by atoms with Crippen LogP contribution >= 0.6 is 34.4 Å². The molecule has 4 rings (SSSR count). The van der Waals surface area contributed by atoms with Crippen LogP contribution in [0.25, 0.3) is 4.96 Å². The third-order valence-electron chi connectivity index (χ3n) is 2.80. The number of imidazole rings is 1.